The number of nitriles is 1. The topological polar surface area (TPSA) is 45.9 Å². The molecule has 0 N–H and O–H groups in total. The third-order valence-electron chi connectivity index (χ3n) is 2.13. The van der Waals surface area contributed by atoms with Gasteiger partial charge in [-0.25, -0.2) is 0 Å². The maximum absolute atomic E-state index is 8.75. The van der Waals surface area contributed by atoms with E-state index in [-0.39, 0.29) is 0 Å². The van der Waals surface area contributed by atoms with E-state index in [0.717, 1.165) is 5.69 Å². The fourth-order valence-electron chi connectivity index (χ4n) is 1.34. The number of rotatable bonds is 3. The van der Waals surface area contributed by atoms with Crippen LogP contribution in [0.3, 0.4) is 0 Å². The summed E-state index contributed by atoms with van der Waals surface area (Å²) in [6, 6.07) is 12.5. The van der Waals surface area contributed by atoms with Gasteiger partial charge in [-0.2, -0.15) is 5.26 Å². The average molecular weight is 245 g/mol. The van der Waals surface area contributed by atoms with Gasteiger partial charge >= 0.3 is 0 Å². The van der Waals surface area contributed by atoms with E-state index in [2.05, 4.69) is 11.1 Å². The van der Waals surface area contributed by atoms with Crippen LogP contribution in [0.2, 0.25) is 5.02 Å². The van der Waals surface area contributed by atoms with Crippen LogP contribution in [0.15, 0.2) is 42.6 Å². The van der Waals surface area contributed by atoms with Gasteiger partial charge in [0.15, 0.2) is 0 Å². The largest absolute Gasteiger partial charge is 0.487 e. The molecule has 2 aromatic rings. The number of nitrogens with zero attached hydrogens (tertiary/aromatic N) is 2. The van der Waals surface area contributed by atoms with Crippen molar-refractivity contribution in [3.05, 3.63) is 58.9 Å². The van der Waals surface area contributed by atoms with Crippen molar-refractivity contribution in [1.82, 2.24) is 4.98 Å². The maximum atomic E-state index is 8.75. The molecule has 0 unspecified atom stereocenters. The summed E-state index contributed by atoms with van der Waals surface area (Å²) in [5.74, 6) is 0.644. The predicted octanol–water partition coefficient (Wildman–Crippen LogP) is 3.19. The maximum Gasteiger partial charge on any atom is 0.130 e. The van der Waals surface area contributed by atoms with Crippen molar-refractivity contribution < 1.29 is 4.74 Å². The molecule has 1 aromatic heterocycles. The van der Waals surface area contributed by atoms with Gasteiger partial charge in [-0.1, -0.05) is 17.7 Å². The molecule has 0 aliphatic heterocycles. The SMILES string of the molecule is N#Cc1cccc(OCc2cc(Cl)ccn2)c1. The lowest BCUT2D eigenvalue weighted by molar-refractivity contribution is 0.301. The molecular formula is C13H9ClN2O. The number of benzene rings is 1. The summed E-state index contributed by atoms with van der Waals surface area (Å²) < 4.78 is 5.52. The Labute approximate surface area is 104 Å². The average Bonchev–Trinajstić information content (AvgIpc) is 2.37. The van der Waals surface area contributed by atoms with Gasteiger partial charge in [0, 0.05) is 11.2 Å². The summed E-state index contributed by atoms with van der Waals surface area (Å²) >= 11 is 5.84. The van der Waals surface area contributed by atoms with Crippen LogP contribution in [-0.2, 0) is 6.61 Å². The first kappa shape index (κ1) is 11.4. The zero-order chi connectivity index (χ0) is 12.1. The molecule has 0 saturated heterocycles. The minimum atomic E-state index is 0.329. The van der Waals surface area contributed by atoms with Crippen molar-refractivity contribution in [2.45, 2.75) is 6.61 Å². The van der Waals surface area contributed by atoms with Gasteiger partial charge in [0.2, 0.25) is 0 Å². The molecule has 0 spiro atoms. The summed E-state index contributed by atoms with van der Waals surface area (Å²) in [5, 5.41) is 9.38. The molecule has 0 aliphatic carbocycles. The van der Waals surface area contributed by atoms with Crippen LogP contribution >= 0.6 is 11.6 Å². The van der Waals surface area contributed by atoms with Crippen LogP contribution < -0.4 is 4.74 Å². The minimum absolute atomic E-state index is 0.329. The van der Waals surface area contributed by atoms with Crippen molar-refractivity contribution in [2.75, 3.05) is 0 Å². The Morgan fingerprint density at radius 1 is 1.29 bits per heavy atom. The molecule has 0 amide bonds. The minimum Gasteiger partial charge on any atom is -0.487 e. The van der Waals surface area contributed by atoms with Crippen LogP contribution in [0.25, 0.3) is 0 Å². The van der Waals surface area contributed by atoms with Crippen molar-refractivity contribution in [2.24, 2.45) is 0 Å². The summed E-state index contributed by atoms with van der Waals surface area (Å²) in [6.45, 7) is 0.329. The molecule has 2 rings (SSSR count). The van der Waals surface area contributed by atoms with Gasteiger partial charge in [0.05, 0.1) is 17.3 Å². The van der Waals surface area contributed by atoms with Gasteiger partial charge in [0.25, 0.3) is 0 Å². The lowest BCUT2D eigenvalue weighted by Gasteiger charge is -2.05. The van der Waals surface area contributed by atoms with E-state index in [9.17, 15) is 0 Å². The zero-order valence-electron chi connectivity index (χ0n) is 8.93. The van der Waals surface area contributed by atoms with Crippen LogP contribution in [-0.4, -0.2) is 4.98 Å². The van der Waals surface area contributed by atoms with Crippen molar-refractivity contribution in [1.29, 1.82) is 5.26 Å². The van der Waals surface area contributed by atoms with Crippen molar-refractivity contribution in [3.63, 3.8) is 0 Å². The number of halogens is 1. The molecule has 1 aromatic carbocycles. The van der Waals surface area contributed by atoms with Gasteiger partial charge in [-0.05, 0) is 30.3 Å². The summed E-state index contributed by atoms with van der Waals surface area (Å²) in [4.78, 5) is 4.12. The first-order valence-electron chi connectivity index (χ1n) is 5.01. The molecule has 84 valence electrons. The van der Waals surface area contributed by atoms with Gasteiger partial charge in [-0.15, -0.1) is 0 Å². The highest BCUT2D eigenvalue weighted by atomic mass is 35.5. The van der Waals surface area contributed by atoms with Crippen LogP contribution in [0.1, 0.15) is 11.3 Å². The molecule has 0 aliphatic rings. The van der Waals surface area contributed by atoms with E-state index in [1.54, 1.807) is 42.6 Å². The second-order valence-electron chi connectivity index (χ2n) is 3.39. The van der Waals surface area contributed by atoms with E-state index in [4.69, 9.17) is 21.6 Å². The molecule has 0 saturated carbocycles. The van der Waals surface area contributed by atoms with Crippen molar-refractivity contribution in [3.8, 4) is 11.8 Å². The van der Waals surface area contributed by atoms with Gasteiger partial charge < -0.3 is 4.74 Å². The fourth-order valence-corrected chi connectivity index (χ4v) is 1.52. The third-order valence-corrected chi connectivity index (χ3v) is 2.36. The molecule has 0 atom stereocenters. The number of hydrogen-bond acceptors (Lipinski definition) is 3. The number of ether oxygens (including phenoxy) is 1. The van der Waals surface area contributed by atoms with Crippen LogP contribution in [0.4, 0.5) is 0 Å². The predicted molar refractivity (Wildman–Crippen MR) is 64.7 cm³/mol. The molecule has 0 bridgehead atoms. The van der Waals surface area contributed by atoms with E-state index < -0.39 is 0 Å². The molecule has 4 heteroatoms. The van der Waals surface area contributed by atoms with Crippen LogP contribution in [0.5, 0.6) is 5.75 Å². The summed E-state index contributed by atoms with van der Waals surface area (Å²) in [5.41, 5.74) is 1.32. The highest BCUT2D eigenvalue weighted by Gasteiger charge is 1.99. The second-order valence-corrected chi connectivity index (χ2v) is 3.83. The Bertz CT molecular complexity index is 563. The highest BCUT2D eigenvalue weighted by molar-refractivity contribution is 6.30. The Kier molecular flexibility index (Phi) is 3.59. The second kappa shape index (κ2) is 5.33. The standard InChI is InChI=1S/C13H9ClN2O/c14-11-4-5-16-12(7-11)9-17-13-3-1-2-10(6-13)8-15/h1-7H,9H2. The first-order valence-corrected chi connectivity index (χ1v) is 5.39. The molecule has 1 heterocycles. The van der Waals surface area contributed by atoms with E-state index in [0.29, 0.717) is 22.9 Å². The lowest BCUT2D eigenvalue weighted by atomic mass is 10.2. The number of aromatic nitrogens is 1. The normalized spacial score (nSPS) is 9.65. The first-order chi connectivity index (χ1) is 8.28. The summed E-state index contributed by atoms with van der Waals surface area (Å²) in [7, 11) is 0. The van der Waals surface area contributed by atoms with Gasteiger partial charge in [-0.3, -0.25) is 4.98 Å². The molecule has 3 nitrogen and oxygen atoms in total. The smallest absolute Gasteiger partial charge is 0.130 e. The quantitative estimate of drug-likeness (QED) is 0.833. The Morgan fingerprint density at radius 2 is 2.18 bits per heavy atom. The summed E-state index contributed by atoms with van der Waals surface area (Å²) in [6.07, 6.45) is 1.63. The Balaban J connectivity index is 2.05. The van der Waals surface area contributed by atoms with Crippen LogP contribution in [0, 0.1) is 11.3 Å². The van der Waals surface area contributed by atoms with E-state index in [1.165, 1.54) is 0 Å². The molecule has 0 fully saturated rings. The van der Waals surface area contributed by atoms with Gasteiger partial charge in [0.1, 0.15) is 12.4 Å². The monoisotopic (exact) mass is 244 g/mol. The Hall–Kier alpha value is -2.05. The lowest BCUT2D eigenvalue weighted by Crippen LogP contribution is -1.97. The molecule has 17 heavy (non-hydrogen) atoms. The fraction of sp³-hybridized carbons (Fsp3) is 0.0769. The Morgan fingerprint density at radius 3 is 2.94 bits per heavy atom. The molecular weight excluding hydrogens is 236 g/mol. The van der Waals surface area contributed by atoms with Crippen molar-refractivity contribution >= 4 is 11.6 Å². The third kappa shape index (κ3) is 3.20. The molecule has 0 radical (unpaired) electrons. The highest BCUT2D eigenvalue weighted by Crippen LogP contribution is 2.15. The van der Waals surface area contributed by atoms with E-state index >= 15 is 0 Å². The van der Waals surface area contributed by atoms with E-state index in [1.807, 2.05) is 0 Å². The number of hydrogen-bond donors (Lipinski definition) is 0. The number of pyridine rings is 1. The zero-order valence-corrected chi connectivity index (χ0v) is 9.69.